The second kappa shape index (κ2) is 15.4. The molecule has 0 saturated carbocycles. The van der Waals surface area contributed by atoms with Gasteiger partial charge in [-0.2, -0.15) is 0 Å². The van der Waals surface area contributed by atoms with Crippen molar-refractivity contribution < 1.29 is 91.2 Å². The molecule has 0 saturated heterocycles. The fraction of sp³-hybridized carbons (Fsp3) is 0. The number of aromatic hydroxyl groups is 17. The molecular formula is C45H32B3N3O18. The summed E-state index contributed by atoms with van der Waals surface area (Å²) in [5.41, 5.74) is -4.04. The van der Waals surface area contributed by atoms with E-state index in [2.05, 4.69) is 15.0 Å². The van der Waals surface area contributed by atoms with Crippen molar-refractivity contribution in [3.05, 3.63) is 54.6 Å². The average Bonchev–Trinajstić information content (AvgIpc) is 3.73. The highest BCUT2D eigenvalue weighted by molar-refractivity contribution is 6.47. The Bertz CT molecular complexity index is 3650. The Morgan fingerprint density at radius 2 is 0.638 bits per heavy atom. The summed E-state index contributed by atoms with van der Waals surface area (Å²) in [6.45, 7) is 0. The zero-order chi connectivity index (χ0) is 50.0. The number of aromatic nitrogens is 3. The number of hydrogen-bond donors (Lipinski definition) is 17. The van der Waals surface area contributed by atoms with E-state index >= 15 is 0 Å². The molecule has 9 rings (SSSR count). The lowest BCUT2D eigenvalue weighted by Gasteiger charge is -2.19. The van der Waals surface area contributed by atoms with Gasteiger partial charge in [-0.15, -0.1) is 0 Å². The van der Waals surface area contributed by atoms with Gasteiger partial charge in [-0.3, -0.25) is 0 Å². The molecule has 7 aromatic carbocycles. The lowest BCUT2D eigenvalue weighted by Crippen LogP contribution is -2.09. The van der Waals surface area contributed by atoms with Crippen molar-refractivity contribution in [2.45, 2.75) is 0 Å². The molecule has 9 aromatic rings. The van der Waals surface area contributed by atoms with Crippen LogP contribution in [0.25, 0.3) is 89.5 Å². The van der Waals surface area contributed by atoms with Gasteiger partial charge in [-0.05, 0) is 33.1 Å². The molecule has 24 heteroatoms. The molecule has 0 aliphatic rings. The number of phenols is 17. The maximum atomic E-state index is 11.8. The van der Waals surface area contributed by atoms with Crippen LogP contribution in [-0.2, 0) is 0 Å². The molecular weight excluding hydrogens is 903 g/mol. The van der Waals surface area contributed by atoms with Crippen LogP contribution in [0.2, 0.25) is 0 Å². The Morgan fingerprint density at radius 1 is 0.275 bits per heavy atom. The van der Waals surface area contributed by atoms with Crippen molar-refractivity contribution >= 4 is 61.9 Å². The minimum atomic E-state index is -1.44. The number of phenolic OH excluding ortho intramolecular Hbond substituents is 17. The van der Waals surface area contributed by atoms with Crippen LogP contribution in [0.1, 0.15) is 0 Å². The summed E-state index contributed by atoms with van der Waals surface area (Å²) in [7, 11) is 3.79. The average molecular weight is 935 g/mol. The zero-order valence-electron chi connectivity index (χ0n) is 35.5. The molecule has 0 aliphatic carbocycles. The Hall–Kier alpha value is -9.86. The normalized spacial score (nSPS) is 11.5. The van der Waals surface area contributed by atoms with Gasteiger partial charge in [0.05, 0.1) is 16.5 Å². The van der Waals surface area contributed by atoms with Gasteiger partial charge in [0.25, 0.3) is 0 Å². The van der Waals surface area contributed by atoms with Crippen LogP contribution in [0.3, 0.4) is 0 Å². The van der Waals surface area contributed by atoms with E-state index in [1.165, 1.54) is 15.7 Å². The van der Waals surface area contributed by atoms with E-state index in [9.17, 15) is 86.8 Å². The smallest absolute Gasteiger partial charge is 0.208 e. The molecule has 0 aliphatic heterocycles. The number of nitrogens with zero attached hydrogens (tertiary/aromatic N) is 3. The first-order valence-electron chi connectivity index (χ1n) is 20.0. The first kappa shape index (κ1) is 44.4. The van der Waals surface area contributed by atoms with E-state index in [-0.39, 0.29) is 32.8 Å². The number of furan rings is 1. The molecule has 0 bridgehead atoms. The topological polar surface area (TPSA) is 396 Å². The fourth-order valence-corrected chi connectivity index (χ4v) is 8.30. The largest absolute Gasteiger partial charge is 0.508 e. The summed E-state index contributed by atoms with van der Waals surface area (Å²) in [6, 6.07) is 16.2. The lowest BCUT2D eigenvalue weighted by atomic mass is 9.83. The van der Waals surface area contributed by atoms with E-state index in [0.29, 0.717) is 5.56 Å². The van der Waals surface area contributed by atoms with Gasteiger partial charge < -0.3 is 91.2 Å². The molecule has 344 valence electrons. The van der Waals surface area contributed by atoms with Gasteiger partial charge >= 0.3 is 0 Å². The third kappa shape index (κ3) is 6.19. The maximum Gasteiger partial charge on any atom is 0.208 e. The number of benzene rings is 7. The van der Waals surface area contributed by atoms with E-state index in [4.69, 9.17) is 4.42 Å². The van der Waals surface area contributed by atoms with Gasteiger partial charge in [0.1, 0.15) is 57.3 Å². The van der Waals surface area contributed by atoms with Crippen molar-refractivity contribution in [1.82, 2.24) is 15.0 Å². The highest BCUT2D eigenvalue weighted by atomic mass is 16.4. The monoisotopic (exact) mass is 935 g/mol. The Morgan fingerprint density at radius 3 is 1.16 bits per heavy atom. The minimum absolute atomic E-state index is 0.0276. The molecule has 69 heavy (non-hydrogen) atoms. The van der Waals surface area contributed by atoms with Gasteiger partial charge in [0, 0.05) is 10.9 Å². The highest BCUT2D eigenvalue weighted by Crippen LogP contribution is 2.59. The summed E-state index contributed by atoms with van der Waals surface area (Å²) in [5, 5.41) is 187. The molecule has 0 radical (unpaired) electrons. The van der Waals surface area contributed by atoms with Crippen molar-refractivity contribution in [3.8, 4) is 165 Å². The predicted octanol–water partition coefficient (Wildman–Crippen LogP) is 1.54. The van der Waals surface area contributed by atoms with E-state index < -0.39 is 154 Å². The summed E-state index contributed by atoms with van der Waals surface area (Å²) < 4.78 is 6.40. The van der Waals surface area contributed by atoms with Crippen LogP contribution in [0.4, 0.5) is 0 Å². The van der Waals surface area contributed by atoms with E-state index in [1.54, 1.807) is 24.3 Å². The Kier molecular flexibility index (Phi) is 9.88. The van der Waals surface area contributed by atoms with Crippen molar-refractivity contribution in [2.24, 2.45) is 0 Å². The highest BCUT2D eigenvalue weighted by Gasteiger charge is 2.36. The molecule has 0 unspecified atom stereocenters. The van der Waals surface area contributed by atoms with Crippen LogP contribution in [0.15, 0.2) is 59.0 Å². The summed E-state index contributed by atoms with van der Waals surface area (Å²) in [5.74, 6) is -23.6. The van der Waals surface area contributed by atoms with Crippen LogP contribution < -0.4 is 16.4 Å². The standard InChI is InChI=1S/C45H32B3N3O18/c46-21-14(26(54)36(64)39(67)35(21)63)16-27(55)29(57)18(30(58)28(16)56)43-49-44(19-31(59)37(65)40(68)38(66)32(19)60)51-45(50-43)20-33(61)34(62)22(47)15-17-25(53)23(48)24(52)13(41(17)69-42(15)20)12-8-6-11(7-9-12)10-4-2-1-3-5-10/h1-9,52-68H,46-48H2. The zero-order valence-corrected chi connectivity index (χ0v) is 35.5. The second-order valence-electron chi connectivity index (χ2n) is 15.8. The minimum Gasteiger partial charge on any atom is -0.508 e. The number of fused-ring (bicyclic) bond motifs is 3. The fourth-order valence-electron chi connectivity index (χ4n) is 8.30. The van der Waals surface area contributed by atoms with E-state index in [1.807, 2.05) is 30.3 Å². The van der Waals surface area contributed by atoms with Crippen LogP contribution in [-0.4, -0.2) is 125 Å². The summed E-state index contributed by atoms with van der Waals surface area (Å²) in [6.07, 6.45) is 0. The van der Waals surface area contributed by atoms with Crippen molar-refractivity contribution in [3.63, 3.8) is 0 Å². The first-order valence-corrected chi connectivity index (χ1v) is 20.0. The summed E-state index contributed by atoms with van der Waals surface area (Å²) in [4.78, 5) is 12.4. The molecule has 0 atom stereocenters. The second-order valence-corrected chi connectivity index (χ2v) is 15.8. The molecule has 0 spiro atoms. The van der Waals surface area contributed by atoms with Gasteiger partial charge in [-0.25, -0.2) is 15.0 Å². The quantitative estimate of drug-likeness (QED) is 0.0638. The Labute approximate surface area is 387 Å². The third-order valence-electron chi connectivity index (χ3n) is 12.0. The summed E-state index contributed by atoms with van der Waals surface area (Å²) >= 11 is 0. The molecule has 2 heterocycles. The molecule has 21 nitrogen and oxygen atoms in total. The molecule has 0 fully saturated rings. The van der Waals surface area contributed by atoms with E-state index in [0.717, 1.165) is 19.0 Å². The first-order chi connectivity index (χ1) is 32.6. The molecule has 2 aromatic heterocycles. The van der Waals surface area contributed by atoms with Gasteiger partial charge in [-0.1, -0.05) is 54.6 Å². The van der Waals surface area contributed by atoms with Gasteiger partial charge in [0.2, 0.25) is 28.7 Å². The van der Waals surface area contributed by atoms with Crippen LogP contribution >= 0.6 is 0 Å². The lowest BCUT2D eigenvalue weighted by molar-refractivity contribution is 0.329. The maximum absolute atomic E-state index is 11.8. The van der Waals surface area contributed by atoms with Crippen LogP contribution in [0.5, 0.6) is 97.7 Å². The van der Waals surface area contributed by atoms with Crippen LogP contribution in [0, 0.1) is 0 Å². The third-order valence-corrected chi connectivity index (χ3v) is 12.0. The number of hydrogen-bond acceptors (Lipinski definition) is 21. The van der Waals surface area contributed by atoms with Gasteiger partial charge in [0.15, 0.2) is 80.6 Å². The van der Waals surface area contributed by atoms with Crippen molar-refractivity contribution in [1.29, 1.82) is 0 Å². The SMILES string of the molecule is Bc1c(O)c(O)c(O)c(O)c1-c1c(O)c(O)c(-c2nc(-c3c(O)c(O)c(O)c(O)c3O)nc(-c3c(O)c(O)c(B)c4c3oc3c(-c5ccc(-c6ccccc6)cc5)c(O)c(B)c(O)c34)n2)c(O)c1O. The Balaban J connectivity index is 1.38. The molecule has 0 amide bonds. The molecule has 17 N–H and O–H groups in total. The van der Waals surface area contributed by atoms with Crippen molar-refractivity contribution in [2.75, 3.05) is 0 Å². The number of rotatable bonds is 6. The predicted molar refractivity (Wildman–Crippen MR) is 253 cm³/mol.